The van der Waals surface area contributed by atoms with Crippen molar-refractivity contribution in [3.63, 3.8) is 0 Å². The van der Waals surface area contributed by atoms with Crippen LogP contribution < -0.4 is 11.2 Å². The third-order valence-corrected chi connectivity index (χ3v) is 6.08. The molecule has 0 aliphatic carbocycles. The van der Waals surface area contributed by atoms with E-state index in [1.54, 1.807) is 13.8 Å². The standard InChI is InChI=1S/C21H22N2O6S/c1-3-11-29-21(28)23-18(26)17-13(2)15(10-9-14-7-5-4-6-8-14)30-19(17)22(20(23)27)12-16(24)25/h4-8H,3,9-12H2,1-2H3,(H,24,25). The average molecular weight is 430 g/mol. The lowest BCUT2D eigenvalue weighted by Crippen LogP contribution is -2.44. The number of aliphatic carboxylic acids is 1. The van der Waals surface area contributed by atoms with E-state index in [-0.39, 0.29) is 16.8 Å². The lowest BCUT2D eigenvalue weighted by atomic mass is 10.1. The summed E-state index contributed by atoms with van der Waals surface area (Å²) in [4.78, 5) is 50.6. The molecule has 0 amide bonds. The molecule has 0 fully saturated rings. The van der Waals surface area contributed by atoms with Crippen molar-refractivity contribution < 1.29 is 19.4 Å². The van der Waals surface area contributed by atoms with Crippen LogP contribution in [0.5, 0.6) is 0 Å². The molecule has 0 saturated carbocycles. The van der Waals surface area contributed by atoms with E-state index in [1.807, 2.05) is 30.3 Å². The Morgan fingerprint density at radius 1 is 1.13 bits per heavy atom. The number of rotatable bonds is 7. The second-order valence-electron chi connectivity index (χ2n) is 6.83. The van der Waals surface area contributed by atoms with Gasteiger partial charge in [-0.3, -0.25) is 14.2 Å². The molecule has 2 aromatic heterocycles. The van der Waals surface area contributed by atoms with E-state index in [0.29, 0.717) is 23.0 Å². The first-order chi connectivity index (χ1) is 14.3. The monoisotopic (exact) mass is 430 g/mol. The minimum absolute atomic E-state index is 0.0482. The summed E-state index contributed by atoms with van der Waals surface area (Å²) in [7, 11) is 0. The van der Waals surface area contributed by atoms with Gasteiger partial charge in [0.15, 0.2) is 0 Å². The van der Waals surface area contributed by atoms with Crippen LogP contribution in [0.3, 0.4) is 0 Å². The molecule has 9 heteroatoms. The van der Waals surface area contributed by atoms with Crippen LogP contribution >= 0.6 is 11.3 Å². The molecule has 0 atom stereocenters. The Morgan fingerprint density at radius 2 is 1.83 bits per heavy atom. The fourth-order valence-electron chi connectivity index (χ4n) is 3.22. The Labute approximate surface area is 176 Å². The van der Waals surface area contributed by atoms with E-state index in [1.165, 1.54) is 11.3 Å². The van der Waals surface area contributed by atoms with Crippen molar-refractivity contribution in [3.8, 4) is 0 Å². The molecule has 0 unspecified atom stereocenters. The summed E-state index contributed by atoms with van der Waals surface area (Å²) >= 11 is 1.21. The predicted molar refractivity (Wildman–Crippen MR) is 114 cm³/mol. The van der Waals surface area contributed by atoms with Crippen molar-refractivity contribution in [2.45, 2.75) is 39.7 Å². The maximum absolute atomic E-state index is 13.0. The fraction of sp³-hybridized carbons (Fsp3) is 0.333. The fourth-order valence-corrected chi connectivity index (χ4v) is 4.51. The highest BCUT2D eigenvalue weighted by Gasteiger charge is 2.24. The third kappa shape index (κ3) is 4.20. The number of fused-ring (bicyclic) bond motifs is 1. The van der Waals surface area contributed by atoms with Crippen molar-refractivity contribution in [1.82, 2.24) is 9.13 Å². The zero-order valence-electron chi connectivity index (χ0n) is 16.7. The summed E-state index contributed by atoms with van der Waals surface area (Å²) in [6, 6.07) is 9.81. The van der Waals surface area contributed by atoms with Crippen molar-refractivity contribution in [2.24, 2.45) is 0 Å². The molecule has 0 spiro atoms. The van der Waals surface area contributed by atoms with Gasteiger partial charge in [-0.05, 0) is 37.3 Å². The van der Waals surface area contributed by atoms with Gasteiger partial charge in [0.2, 0.25) is 0 Å². The number of hydrogen-bond acceptors (Lipinski definition) is 6. The van der Waals surface area contributed by atoms with Crippen molar-refractivity contribution in [2.75, 3.05) is 6.61 Å². The summed E-state index contributed by atoms with van der Waals surface area (Å²) in [5, 5.41) is 9.44. The Morgan fingerprint density at radius 3 is 2.47 bits per heavy atom. The minimum atomic E-state index is -1.25. The molecule has 3 aromatic rings. The van der Waals surface area contributed by atoms with Crippen LogP contribution in [0, 0.1) is 6.92 Å². The molecule has 2 heterocycles. The summed E-state index contributed by atoms with van der Waals surface area (Å²) < 4.78 is 6.31. The van der Waals surface area contributed by atoms with Crippen LogP contribution in [0.25, 0.3) is 10.2 Å². The highest BCUT2D eigenvalue weighted by atomic mass is 32.1. The van der Waals surface area contributed by atoms with Gasteiger partial charge in [0.25, 0.3) is 5.56 Å². The molecule has 0 bridgehead atoms. The molecule has 0 aliphatic rings. The molecule has 158 valence electrons. The summed E-state index contributed by atoms with van der Waals surface area (Å²) in [6.45, 7) is 2.92. The predicted octanol–water partition coefficient (Wildman–Crippen LogP) is 2.80. The number of carbonyl (C=O) groups excluding carboxylic acids is 1. The lowest BCUT2D eigenvalue weighted by molar-refractivity contribution is -0.137. The van der Waals surface area contributed by atoms with Crippen LogP contribution in [0.2, 0.25) is 0 Å². The molecule has 0 aliphatic heterocycles. The van der Waals surface area contributed by atoms with Crippen LogP contribution in [-0.4, -0.2) is 32.9 Å². The largest absolute Gasteiger partial charge is 0.480 e. The minimum Gasteiger partial charge on any atom is -0.480 e. The van der Waals surface area contributed by atoms with Gasteiger partial charge in [-0.1, -0.05) is 37.3 Å². The number of ether oxygens (including phenoxy) is 1. The number of benzene rings is 1. The molecular weight excluding hydrogens is 408 g/mol. The number of nitrogens with zero attached hydrogens (tertiary/aromatic N) is 2. The number of carboxylic acids is 1. The van der Waals surface area contributed by atoms with E-state index < -0.39 is 29.9 Å². The first-order valence-electron chi connectivity index (χ1n) is 9.55. The van der Waals surface area contributed by atoms with Gasteiger partial charge in [0, 0.05) is 4.88 Å². The van der Waals surface area contributed by atoms with Gasteiger partial charge in [0.05, 0.1) is 12.0 Å². The summed E-state index contributed by atoms with van der Waals surface area (Å²) in [5.74, 6) is -1.25. The molecule has 0 saturated heterocycles. The Balaban J connectivity index is 2.15. The Bertz CT molecular complexity index is 1210. The van der Waals surface area contributed by atoms with Crippen LogP contribution in [0.1, 0.15) is 29.3 Å². The molecule has 3 rings (SSSR count). The molecule has 0 radical (unpaired) electrons. The number of carbonyl (C=O) groups is 2. The average Bonchev–Trinajstić information content (AvgIpc) is 3.05. The van der Waals surface area contributed by atoms with Crippen molar-refractivity contribution in [1.29, 1.82) is 0 Å². The highest BCUT2D eigenvalue weighted by Crippen LogP contribution is 2.29. The first kappa shape index (κ1) is 21.5. The first-order valence-corrected chi connectivity index (χ1v) is 10.4. The zero-order valence-corrected chi connectivity index (χ0v) is 17.5. The van der Waals surface area contributed by atoms with Crippen molar-refractivity contribution in [3.05, 3.63) is 67.2 Å². The number of thiophene rings is 1. The van der Waals surface area contributed by atoms with Gasteiger partial charge < -0.3 is 9.84 Å². The Hall–Kier alpha value is -3.20. The molecule has 8 nitrogen and oxygen atoms in total. The maximum Gasteiger partial charge on any atom is 0.425 e. The summed E-state index contributed by atoms with van der Waals surface area (Å²) in [5.41, 5.74) is -0.0192. The van der Waals surface area contributed by atoms with Crippen LogP contribution in [0.4, 0.5) is 4.79 Å². The van der Waals surface area contributed by atoms with Crippen molar-refractivity contribution >= 4 is 33.6 Å². The van der Waals surface area contributed by atoms with Gasteiger partial charge in [-0.15, -0.1) is 11.3 Å². The third-order valence-electron chi connectivity index (χ3n) is 4.70. The molecule has 30 heavy (non-hydrogen) atoms. The van der Waals surface area contributed by atoms with E-state index in [0.717, 1.165) is 21.4 Å². The van der Waals surface area contributed by atoms with Gasteiger partial charge in [-0.25, -0.2) is 9.59 Å². The second-order valence-corrected chi connectivity index (χ2v) is 7.92. The number of aryl methyl sites for hydroxylation is 3. The number of aromatic nitrogens is 2. The smallest absolute Gasteiger partial charge is 0.425 e. The van der Waals surface area contributed by atoms with E-state index in [4.69, 9.17) is 4.74 Å². The number of carboxylic acid groups (broad SMARTS) is 1. The zero-order chi connectivity index (χ0) is 21.8. The molecule has 1 N–H and O–H groups in total. The topological polar surface area (TPSA) is 108 Å². The highest BCUT2D eigenvalue weighted by molar-refractivity contribution is 7.18. The van der Waals surface area contributed by atoms with E-state index in [9.17, 15) is 24.3 Å². The lowest BCUT2D eigenvalue weighted by Gasteiger charge is -2.09. The molecule has 1 aromatic carbocycles. The van der Waals surface area contributed by atoms with E-state index in [2.05, 4.69) is 0 Å². The van der Waals surface area contributed by atoms with Crippen LogP contribution in [-0.2, 0) is 28.9 Å². The van der Waals surface area contributed by atoms with Gasteiger partial charge in [0.1, 0.15) is 11.4 Å². The molecular formula is C21H22N2O6S. The number of hydrogen-bond donors (Lipinski definition) is 1. The van der Waals surface area contributed by atoms with Gasteiger partial charge >= 0.3 is 17.8 Å². The van der Waals surface area contributed by atoms with Crippen LogP contribution in [0.15, 0.2) is 39.9 Å². The quantitative estimate of drug-likeness (QED) is 0.618. The summed E-state index contributed by atoms with van der Waals surface area (Å²) in [6.07, 6.45) is 0.776. The maximum atomic E-state index is 13.0. The second kappa shape index (κ2) is 9.08. The van der Waals surface area contributed by atoms with Gasteiger partial charge in [-0.2, -0.15) is 4.57 Å². The normalized spacial score (nSPS) is 11.0. The van der Waals surface area contributed by atoms with E-state index >= 15 is 0 Å². The Kier molecular flexibility index (Phi) is 6.51. The SMILES string of the molecule is CCCOC(=O)n1c(=O)c2c(C)c(CCc3ccccc3)sc2n(CC(=O)O)c1=O.